The predicted octanol–water partition coefficient (Wildman–Crippen LogP) is 2.00. The van der Waals surface area contributed by atoms with Crippen LogP contribution in [0.3, 0.4) is 0 Å². The van der Waals surface area contributed by atoms with Gasteiger partial charge in [0.15, 0.2) is 0 Å². The van der Waals surface area contributed by atoms with E-state index >= 15 is 0 Å². The van der Waals surface area contributed by atoms with Crippen LogP contribution < -0.4 is 5.32 Å². The third-order valence-electron chi connectivity index (χ3n) is 1.72. The van der Waals surface area contributed by atoms with Crippen molar-refractivity contribution in [1.82, 2.24) is 15.3 Å². The van der Waals surface area contributed by atoms with Gasteiger partial charge in [0.1, 0.15) is 5.60 Å². The van der Waals surface area contributed by atoms with Crippen molar-refractivity contribution in [2.24, 2.45) is 0 Å². The summed E-state index contributed by atoms with van der Waals surface area (Å²) in [4.78, 5) is 18.2. The first-order chi connectivity index (χ1) is 6.88. The molecule has 0 saturated heterocycles. The minimum atomic E-state index is -0.474. The molecule has 0 spiro atoms. The quantitative estimate of drug-likeness (QED) is 0.786. The largest absolute Gasteiger partial charge is 0.444 e. The molecule has 0 aromatic carbocycles. The third-order valence-corrected chi connectivity index (χ3v) is 1.72. The minimum Gasteiger partial charge on any atom is -0.444 e. The normalized spacial score (nSPS) is 13.3. The molecule has 1 aromatic rings. The van der Waals surface area contributed by atoms with Crippen molar-refractivity contribution in [2.45, 2.75) is 39.3 Å². The van der Waals surface area contributed by atoms with Crippen LogP contribution in [-0.2, 0) is 4.74 Å². The molecule has 84 valence electrons. The molecule has 15 heavy (non-hydrogen) atoms. The Morgan fingerprint density at radius 1 is 1.60 bits per heavy atom. The monoisotopic (exact) mass is 211 g/mol. The molecule has 5 nitrogen and oxygen atoms in total. The number of nitrogens with one attached hydrogen (secondary N) is 2. The van der Waals surface area contributed by atoms with Gasteiger partial charge in [-0.1, -0.05) is 0 Å². The molecule has 1 amide bonds. The third kappa shape index (κ3) is 4.01. The van der Waals surface area contributed by atoms with E-state index in [0.29, 0.717) is 0 Å². The van der Waals surface area contributed by atoms with Crippen molar-refractivity contribution < 1.29 is 9.53 Å². The number of H-pyrrole nitrogens is 1. The van der Waals surface area contributed by atoms with Gasteiger partial charge in [-0.25, -0.2) is 9.78 Å². The fourth-order valence-electron chi connectivity index (χ4n) is 1.07. The highest BCUT2D eigenvalue weighted by molar-refractivity contribution is 5.68. The summed E-state index contributed by atoms with van der Waals surface area (Å²) in [5.74, 6) is 0. The van der Waals surface area contributed by atoms with E-state index in [1.807, 2.05) is 27.7 Å². The van der Waals surface area contributed by atoms with Crippen LogP contribution in [0, 0.1) is 0 Å². The molecular formula is C10H17N3O2. The maximum Gasteiger partial charge on any atom is 0.408 e. The molecule has 0 aliphatic heterocycles. The Kier molecular flexibility index (Phi) is 3.34. The number of imidazole rings is 1. The number of alkyl carbamates (subject to hydrolysis) is 1. The SMILES string of the molecule is CC(NC(=O)OC(C)(C)C)c1cnc[nH]1. The van der Waals surface area contributed by atoms with E-state index in [1.165, 1.54) is 0 Å². The number of hydrogen-bond acceptors (Lipinski definition) is 3. The molecule has 1 unspecified atom stereocenters. The van der Waals surface area contributed by atoms with Crippen LogP contribution in [0.25, 0.3) is 0 Å². The molecule has 1 atom stereocenters. The van der Waals surface area contributed by atoms with Crippen LogP contribution in [0.5, 0.6) is 0 Å². The lowest BCUT2D eigenvalue weighted by Gasteiger charge is -2.21. The lowest BCUT2D eigenvalue weighted by atomic mass is 10.2. The fraction of sp³-hybridized carbons (Fsp3) is 0.600. The number of amides is 1. The van der Waals surface area contributed by atoms with Gasteiger partial charge in [-0.15, -0.1) is 0 Å². The summed E-state index contributed by atoms with van der Waals surface area (Å²) < 4.78 is 5.12. The number of aromatic nitrogens is 2. The van der Waals surface area contributed by atoms with E-state index in [1.54, 1.807) is 12.5 Å². The zero-order valence-corrected chi connectivity index (χ0v) is 9.50. The number of ether oxygens (including phenoxy) is 1. The van der Waals surface area contributed by atoms with E-state index in [-0.39, 0.29) is 6.04 Å². The van der Waals surface area contributed by atoms with Crippen molar-refractivity contribution in [3.63, 3.8) is 0 Å². The molecule has 1 heterocycles. The highest BCUT2D eigenvalue weighted by Crippen LogP contribution is 2.10. The Hall–Kier alpha value is -1.52. The Bertz CT molecular complexity index is 314. The van der Waals surface area contributed by atoms with E-state index in [4.69, 9.17) is 4.74 Å². The van der Waals surface area contributed by atoms with Crippen LogP contribution in [-0.4, -0.2) is 21.7 Å². The Morgan fingerprint density at radius 2 is 2.27 bits per heavy atom. The first-order valence-electron chi connectivity index (χ1n) is 4.86. The van der Waals surface area contributed by atoms with Crippen molar-refractivity contribution in [2.75, 3.05) is 0 Å². The molecule has 5 heteroatoms. The highest BCUT2D eigenvalue weighted by Gasteiger charge is 2.18. The van der Waals surface area contributed by atoms with Gasteiger partial charge in [-0.3, -0.25) is 0 Å². The van der Waals surface area contributed by atoms with E-state index < -0.39 is 11.7 Å². The molecule has 1 aromatic heterocycles. The topological polar surface area (TPSA) is 67.0 Å². The van der Waals surface area contributed by atoms with Crippen molar-refractivity contribution in [3.8, 4) is 0 Å². The molecule has 2 N–H and O–H groups in total. The molecule has 1 rings (SSSR count). The number of carbonyl (C=O) groups excluding carboxylic acids is 1. The van der Waals surface area contributed by atoms with Gasteiger partial charge in [0.25, 0.3) is 0 Å². The summed E-state index contributed by atoms with van der Waals surface area (Å²) in [5, 5.41) is 2.71. The van der Waals surface area contributed by atoms with Crippen LogP contribution in [0.2, 0.25) is 0 Å². The second-order valence-corrected chi connectivity index (χ2v) is 4.37. The highest BCUT2D eigenvalue weighted by atomic mass is 16.6. The molecule has 0 fully saturated rings. The van der Waals surface area contributed by atoms with Gasteiger partial charge in [0.2, 0.25) is 0 Å². The van der Waals surface area contributed by atoms with Gasteiger partial charge < -0.3 is 15.0 Å². The molecule has 0 bridgehead atoms. The summed E-state index contributed by atoms with van der Waals surface area (Å²) in [6.45, 7) is 7.34. The van der Waals surface area contributed by atoms with Crippen molar-refractivity contribution >= 4 is 6.09 Å². The summed E-state index contributed by atoms with van der Waals surface area (Å²) in [5.41, 5.74) is 0.374. The summed E-state index contributed by atoms with van der Waals surface area (Å²) in [6, 6.07) is -0.137. The average Bonchev–Trinajstić information content (AvgIpc) is 2.50. The van der Waals surface area contributed by atoms with Crippen LogP contribution in [0.4, 0.5) is 4.79 Å². The van der Waals surface area contributed by atoms with Crippen LogP contribution in [0.15, 0.2) is 12.5 Å². The Balaban J connectivity index is 2.45. The van der Waals surface area contributed by atoms with E-state index in [9.17, 15) is 4.79 Å². The van der Waals surface area contributed by atoms with E-state index in [2.05, 4.69) is 15.3 Å². The van der Waals surface area contributed by atoms with Gasteiger partial charge >= 0.3 is 6.09 Å². The summed E-state index contributed by atoms with van der Waals surface area (Å²) >= 11 is 0. The second-order valence-electron chi connectivity index (χ2n) is 4.37. The molecule has 0 aliphatic carbocycles. The number of nitrogens with zero attached hydrogens (tertiary/aromatic N) is 1. The van der Waals surface area contributed by atoms with Gasteiger partial charge in [-0.2, -0.15) is 0 Å². The van der Waals surface area contributed by atoms with Crippen LogP contribution >= 0.6 is 0 Å². The van der Waals surface area contributed by atoms with Crippen molar-refractivity contribution in [1.29, 1.82) is 0 Å². The average molecular weight is 211 g/mol. The van der Waals surface area contributed by atoms with Crippen molar-refractivity contribution in [3.05, 3.63) is 18.2 Å². The zero-order chi connectivity index (χ0) is 11.5. The standard InChI is InChI=1S/C10H17N3O2/c1-7(8-5-11-6-12-8)13-9(14)15-10(2,3)4/h5-7H,1-4H3,(H,11,12)(H,13,14). The Morgan fingerprint density at radius 3 is 2.73 bits per heavy atom. The first kappa shape index (κ1) is 11.6. The minimum absolute atomic E-state index is 0.137. The molecular weight excluding hydrogens is 194 g/mol. The molecule has 0 radical (unpaired) electrons. The summed E-state index contributed by atoms with van der Waals surface area (Å²) in [6.07, 6.45) is 2.81. The number of carbonyl (C=O) groups is 1. The smallest absolute Gasteiger partial charge is 0.408 e. The lowest BCUT2D eigenvalue weighted by molar-refractivity contribution is 0.0507. The fourth-order valence-corrected chi connectivity index (χ4v) is 1.07. The van der Waals surface area contributed by atoms with Gasteiger partial charge in [0, 0.05) is 0 Å². The zero-order valence-electron chi connectivity index (χ0n) is 9.50. The molecule has 0 saturated carbocycles. The number of hydrogen-bond donors (Lipinski definition) is 2. The predicted molar refractivity (Wildman–Crippen MR) is 56.4 cm³/mol. The van der Waals surface area contributed by atoms with Gasteiger partial charge in [0.05, 0.1) is 24.3 Å². The maximum absolute atomic E-state index is 11.4. The second kappa shape index (κ2) is 4.33. The maximum atomic E-state index is 11.4. The number of rotatable bonds is 2. The van der Waals surface area contributed by atoms with Crippen LogP contribution in [0.1, 0.15) is 39.4 Å². The summed E-state index contributed by atoms with van der Waals surface area (Å²) in [7, 11) is 0. The lowest BCUT2D eigenvalue weighted by Crippen LogP contribution is -2.34. The first-order valence-corrected chi connectivity index (χ1v) is 4.86. The van der Waals surface area contributed by atoms with E-state index in [0.717, 1.165) is 5.69 Å². The Labute approximate surface area is 89.2 Å². The van der Waals surface area contributed by atoms with Gasteiger partial charge in [-0.05, 0) is 27.7 Å². The molecule has 0 aliphatic rings. The number of aromatic amines is 1.